The molecular weight excluding hydrogens is 210 g/mol. The maximum Gasteiger partial charge on any atom is 0.0774 e. The molecule has 1 aliphatic carbocycles. The second-order valence-electron chi connectivity index (χ2n) is 6.29. The van der Waals surface area contributed by atoms with Crippen LogP contribution in [-0.4, -0.2) is 34.7 Å². The van der Waals surface area contributed by atoms with Crippen molar-refractivity contribution >= 4 is 0 Å². The molecule has 1 N–H and O–H groups in total. The van der Waals surface area contributed by atoms with Gasteiger partial charge in [-0.05, 0) is 65.0 Å². The molecule has 0 aromatic carbocycles. The van der Waals surface area contributed by atoms with Crippen LogP contribution in [0.15, 0.2) is 12.2 Å². The van der Waals surface area contributed by atoms with Gasteiger partial charge in [-0.3, -0.25) is 4.90 Å². The summed E-state index contributed by atoms with van der Waals surface area (Å²) < 4.78 is 0. The topological polar surface area (TPSA) is 23.5 Å². The molecule has 0 aromatic rings. The number of allylic oxidation sites excluding steroid dienone is 1. The van der Waals surface area contributed by atoms with Gasteiger partial charge in [-0.25, -0.2) is 0 Å². The molecule has 1 saturated carbocycles. The number of hydrogen-bond donors (Lipinski definition) is 1. The monoisotopic (exact) mass is 237 g/mol. The van der Waals surface area contributed by atoms with Crippen LogP contribution in [-0.2, 0) is 0 Å². The summed E-state index contributed by atoms with van der Waals surface area (Å²) in [5.74, 6) is 0.613. The van der Waals surface area contributed by atoms with E-state index in [1.54, 1.807) is 0 Å². The Bertz CT molecular complexity index is 279. The van der Waals surface area contributed by atoms with Crippen LogP contribution in [0, 0.1) is 5.92 Å². The van der Waals surface area contributed by atoms with Gasteiger partial charge < -0.3 is 5.11 Å². The van der Waals surface area contributed by atoms with E-state index in [2.05, 4.69) is 18.4 Å². The number of piperidine rings is 1. The molecule has 0 spiro atoms. The van der Waals surface area contributed by atoms with Crippen molar-refractivity contribution in [2.24, 2.45) is 5.92 Å². The molecule has 2 aliphatic rings. The summed E-state index contributed by atoms with van der Waals surface area (Å²) in [5.41, 5.74) is 0.797. The summed E-state index contributed by atoms with van der Waals surface area (Å²) in [6, 6.07) is 0.346. The molecular formula is C15H27NO. The van der Waals surface area contributed by atoms with Crippen LogP contribution in [0.2, 0.25) is 0 Å². The first-order valence-electron chi connectivity index (χ1n) is 7.12. The van der Waals surface area contributed by atoms with E-state index in [-0.39, 0.29) is 0 Å². The molecule has 1 saturated heterocycles. The van der Waals surface area contributed by atoms with Gasteiger partial charge in [0, 0.05) is 6.04 Å². The van der Waals surface area contributed by atoms with Gasteiger partial charge in [-0.15, -0.1) is 0 Å². The summed E-state index contributed by atoms with van der Waals surface area (Å²) >= 11 is 0. The molecule has 2 rings (SSSR count). The fourth-order valence-corrected chi connectivity index (χ4v) is 3.49. The second-order valence-corrected chi connectivity index (χ2v) is 6.29. The van der Waals surface area contributed by atoms with Gasteiger partial charge in [-0.2, -0.15) is 0 Å². The molecule has 1 heterocycles. The van der Waals surface area contributed by atoms with E-state index in [9.17, 15) is 5.11 Å². The highest BCUT2D eigenvalue weighted by molar-refractivity contribution is 5.05. The van der Waals surface area contributed by atoms with Crippen LogP contribution in [0.3, 0.4) is 0 Å². The van der Waals surface area contributed by atoms with Gasteiger partial charge in [0.1, 0.15) is 0 Å². The van der Waals surface area contributed by atoms with E-state index in [0.29, 0.717) is 12.0 Å². The molecule has 3 atom stereocenters. The molecule has 2 heteroatoms. The van der Waals surface area contributed by atoms with Crippen LogP contribution >= 0.6 is 0 Å². The summed E-state index contributed by atoms with van der Waals surface area (Å²) in [6.45, 7) is 10.6. The highest BCUT2D eigenvalue weighted by Crippen LogP contribution is 2.38. The predicted octanol–water partition coefficient (Wildman–Crippen LogP) is 2.97. The summed E-state index contributed by atoms with van der Waals surface area (Å²) in [7, 11) is 0. The lowest BCUT2D eigenvalue weighted by molar-refractivity contribution is -0.0737. The molecule has 0 unspecified atom stereocenters. The van der Waals surface area contributed by atoms with E-state index in [1.807, 2.05) is 6.92 Å². The number of hydrogen-bond acceptors (Lipinski definition) is 2. The first-order valence-corrected chi connectivity index (χ1v) is 7.12. The molecule has 2 nitrogen and oxygen atoms in total. The maximum atomic E-state index is 10.6. The standard InChI is InChI=1S/C15H27NO/c1-12(2)13-7-8-15(3,17)14(11-13)16-9-5-4-6-10-16/h13-14,17H,1,4-11H2,2-3H3/t13-,14+,15+/m1/s1. The fourth-order valence-electron chi connectivity index (χ4n) is 3.49. The highest BCUT2D eigenvalue weighted by Gasteiger charge is 2.41. The Morgan fingerprint density at radius 2 is 1.94 bits per heavy atom. The van der Waals surface area contributed by atoms with Crippen molar-refractivity contribution in [3.05, 3.63) is 12.2 Å². The molecule has 0 aromatic heterocycles. The van der Waals surface area contributed by atoms with Gasteiger partial charge in [-0.1, -0.05) is 18.6 Å². The van der Waals surface area contributed by atoms with E-state index in [4.69, 9.17) is 0 Å². The van der Waals surface area contributed by atoms with E-state index >= 15 is 0 Å². The number of aliphatic hydroxyl groups is 1. The number of likely N-dealkylation sites (tertiary alicyclic amines) is 1. The number of rotatable bonds is 2. The Morgan fingerprint density at radius 1 is 1.29 bits per heavy atom. The predicted molar refractivity (Wildman–Crippen MR) is 72.0 cm³/mol. The minimum atomic E-state index is -0.497. The minimum absolute atomic E-state index is 0.346. The van der Waals surface area contributed by atoms with Crippen molar-refractivity contribution in [1.29, 1.82) is 0 Å². The minimum Gasteiger partial charge on any atom is -0.389 e. The maximum absolute atomic E-state index is 10.6. The Balaban J connectivity index is 2.06. The SMILES string of the molecule is C=C(C)[C@@H]1CC[C@](C)(O)[C@@H](N2CCCCC2)C1. The Morgan fingerprint density at radius 3 is 2.53 bits per heavy atom. The summed E-state index contributed by atoms with van der Waals surface area (Å²) in [5, 5.41) is 10.6. The van der Waals surface area contributed by atoms with Crippen molar-refractivity contribution in [3.8, 4) is 0 Å². The average Bonchev–Trinajstić information content (AvgIpc) is 2.29. The molecule has 98 valence electrons. The first-order chi connectivity index (χ1) is 8.00. The Hall–Kier alpha value is -0.340. The first kappa shape index (κ1) is 13.1. The third kappa shape index (κ3) is 2.92. The number of nitrogens with zero attached hydrogens (tertiary/aromatic N) is 1. The van der Waals surface area contributed by atoms with E-state index in [0.717, 1.165) is 19.3 Å². The lowest BCUT2D eigenvalue weighted by Crippen LogP contribution is -2.55. The molecule has 1 aliphatic heterocycles. The molecule has 2 fully saturated rings. The average molecular weight is 237 g/mol. The summed E-state index contributed by atoms with van der Waals surface area (Å²) in [6.07, 6.45) is 7.07. The molecule has 0 bridgehead atoms. The quantitative estimate of drug-likeness (QED) is 0.746. The molecule has 17 heavy (non-hydrogen) atoms. The van der Waals surface area contributed by atoms with Gasteiger partial charge >= 0.3 is 0 Å². The van der Waals surface area contributed by atoms with Crippen LogP contribution in [0.1, 0.15) is 52.4 Å². The van der Waals surface area contributed by atoms with Crippen molar-refractivity contribution in [2.45, 2.75) is 64.0 Å². The van der Waals surface area contributed by atoms with Crippen LogP contribution in [0.5, 0.6) is 0 Å². The Kier molecular flexibility index (Phi) is 3.94. The second kappa shape index (κ2) is 5.11. The van der Waals surface area contributed by atoms with Gasteiger partial charge in [0.15, 0.2) is 0 Å². The van der Waals surface area contributed by atoms with Crippen molar-refractivity contribution in [2.75, 3.05) is 13.1 Å². The van der Waals surface area contributed by atoms with E-state index in [1.165, 1.54) is 37.9 Å². The normalized spacial score (nSPS) is 40.2. The van der Waals surface area contributed by atoms with E-state index < -0.39 is 5.60 Å². The van der Waals surface area contributed by atoms with Gasteiger partial charge in [0.2, 0.25) is 0 Å². The van der Waals surface area contributed by atoms with Crippen molar-refractivity contribution in [1.82, 2.24) is 4.90 Å². The highest BCUT2D eigenvalue weighted by atomic mass is 16.3. The van der Waals surface area contributed by atoms with Crippen molar-refractivity contribution < 1.29 is 5.11 Å². The third-order valence-electron chi connectivity index (χ3n) is 4.75. The largest absolute Gasteiger partial charge is 0.389 e. The zero-order chi connectivity index (χ0) is 12.5. The molecule has 0 amide bonds. The zero-order valence-corrected chi connectivity index (χ0v) is 11.4. The van der Waals surface area contributed by atoms with Gasteiger partial charge in [0.25, 0.3) is 0 Å². The smallest absolute Gasteiger partial charge is 0.0774 e. The zero-order valence-electron chi connectivity index (χ0n) is 11.4. The fraction of sp³-hybridized carbons (Fsp3) is 0.867. The van der Waals surface area contributed by atoms with Gasteiger partial charge in [0.05, 0.1) is 5.60 Å². The lowest BCUT2D eigenvalue weighted by atomic mass is 9.73. The molecule has 0 radical (unpaired) electrons. The summed E-state index contributed by atoms with van der Waals surface area (Å²) in [4.78, 5) is 2.53. The van der Waals surface area contributed by atoms with Crippen molar-refractivity contribution in [3.63, 3.8) is 0 Å². The Labute approximate surface area is 106 Å². The van der Waals surface area contributed by atoms with Crippen LogP contribution in [0.4, 0.5) is 0 Å². The lowest BCUT2D eigenvalue weighted by Gasteiger charge is -2.48. The van der Waals surface area contributed by atoms with Crippen LogP contribution < -0.4 is 0 Å². The third-order valence-corrected chi connectivity index (χ3v) is 4.75. The van der Waals surface area contributed by atoms with Crippen LogP contribution in [0.25, 0.3) is 0 Å².